The van der Waals surface area contributed by atoms with Gasteiger partial charge in [-0.15, -0.1) is 0 Å². The number of hydrogen-bond donors (Lipinski definition) is 1. The van der Waals surface area contributed by atoms with Crippen LogP contribution < -0.4 is 0 Å². The fourth-order valence-electron chi connectivity index (χ4n) is 1.75. The van der Waals surface area contributed by atoms with E-state index < -0.39 is 22.0 Å². The Kier molecular flexibility index (Phi) is 4.73. The number of aliphatic carboxylic acids is 1. The smallest absolute Gasteiger partial charge is 0.319 e. The zero-order valence-electron chi connectivity index (χ0n) is 9.14. The van der Waals surface area contributed by atoms with Crippen LogP contribution >= 0.6 is 0 Å². The Bertz CT molecular complexity index is 246. The van der Waals surface area contributed by atoms with E-state index in [-0.39, 0.29) is 11.8 Å². The Labute approximate surface area is 92.5 Å². The largest absolute Gasteiger partial charge is 0.480 e. The molecule has 3 atom stereocenters. The summed E-state index contributed by atoms with van der Waals surface area (Å²) in [6.07, 6.45) is 0.899. The molecule has 1 fully saturated rings. The maximum Gasteiger partial charge on any atom is 0.319 e. The third kappa shape index (κ3) is 3.57. The molecule has 0 aliphatic carbocycles. The quantitative estimate of drug-likeness (QED) is 0.767. The van der Waals surface area contributed by atoms with E-state index in [1.165, 1.54) is 0 Å². The van der Waals surface area contributed by atoms with Gasteiger partial charge in [-0.2, -0.15) is 0 Å². The van der Waals surface area contributed by atoms with Gasteiger partial charge in [-0.25, -0.2) is 0 Å². The van der Waals surface area contributed by atoms with E-state index in [0.29, 0.717) is 19.0 Å². The summed E-state index contributed by atoms with van der Waals surface area (Å²) in [6.45, 7) is 4.92. The predicted octanol–water partition coefficient (Wildman–Crippen LogP) is 0.881. The number of carbonyl (C=O) groups is 1. The van der Waals surface area contributed by atoms with Crippen molar-refractivity contribution in [2.24, 2.45) is 11.8 Å². The van der Waals surface area contributed by atoms with Gasteiger partial charge < -0.3 is 9.84 Å². The Hall–Kier alpha value is -0.420. The molecule has 0 aromatic heterocycles. The molecule has 1 aliphatic rings. The van der Waals surface area contributed by atoms with Gasteiger partial charge in [0.15, 0.2) is 0 Å². The monoisotopic (exact) mass is 234 g/mol. The maximum absolute atomic E-state index is 11.9. The molecule has 1 heterocycles. The van der Waals surface area contributed by atoms with Gasteiger partial charge in [-0.05, 0) is 18.3 Å². The molecule has 0 aromatic rings. The van der Waals surface area contributed by atoms with Crippen molar-refractivity contribution in [3.05, 3.63) is 0 Å². The molecule has 5 heteroatoms. The lowest BCUT2D eigenvalue weighted by Gasteiger charge is -2.17. The van der Waals surface area contributed by atoms with Gasteiger partial charge in [0.1, 0.15) is 5.25 Å². The second-order valence-electron chi connectivity index (χ2n) is 4.28. The average molecular weight is 234 g/mol. The van der Waals surface area contributed by atoms with Crippen LogP contribution in [0.2, 0.25) is 0 Å². The van der Waals surface area contributed by atoms with Gasteiger partial charge >= 0.3 is 5.97 Å². The molecule has 0 amide bonds. The Balaban J connectivity index is 2.52. The van der Waals surface area contributed by atoms with Gasteiger partial charge in [-0.3, -0.25) is 9.00 Å². The lowest BCUT2D eigenvalue weighted by molar-refractivity contribution is -0.137. The summed E-state index contributed by atoms with van der Waals surface area (Å²) in [4.78, 5) is 10.9. The van der Waals surface area contributed by atoms with Crippen LogP contribution in [0, 0.1) is 11.8 Å². The van der Waals surface area contributed by atoms with E-state index in [1.54, 1.807) is 13.8 Å². The van der Waals surface area contributed by atoms with Crippen molar-refractivity contribution in [1.82, 2.24) is 0 Å². The first-order chi connectivity index (χ1) is 7.02. The molecule has 0 saturated carbocycles. The average Bonchev–Trinajstić information content (AvgIpc) is 2.54. The molecule has 0 aromatic carbocycles. The van der Waals surface area contributed by atoms with Gasteiger partial charge in [0.2, 0.25) is 0 Å². The van der Waals surface area contributed by atoms with Crippen LogP contribution in [0.25, 0.3) is 0 Å². The van der Waals surface area contributed by atoms with Crippen molar-refractivity contribution in [1.29, 1.82) is 0 Å². The summed E-state index contributed by atoms with van der Waals surface area (Å²) in [7, 11) is -1.29. The molecule has 3 unspecified atom stereocenters. The van der Waals surface area contributed by atoms with Crippen molar-refractivity contribution in [3.63, 3.8) is 0 Å². The summed E-state index contributed by atoms with van der Waals surface area (Å²) >= 11 is 0. The molecule has 15 heavy (non-hydrogen) atoms. The van der Waals surface area contributed by atoms with Crippen molar-refractivity contribution in [3.8, 4) is 0 Å². The third-order valence-electron chi connectivity index (χ3n) is 2.56. The summed E-state index contributed by atoms with van der Waals surface area (Å²) in [5, 5.41) is 8.22. The van der Waals surface area contributed by atoms with Crippen molar-refractivity contribution in [2.75, 3.05) is 19.0 Å². The topological polar surface area (TPSA) is 63.6 Å². The van der Waals surface area contributed by atoms with E-state index >= 15 is 0 Å². The van der Waals surface area contributed by atoms with Crippen LogP contribution in [0.5, 0.6) is 0 Å². The van der Waals surface area contributed by atoms with Gasteiger partial charge in [0, 0.05) is 23.2 Å². The second-order valence-corrected chi connectivity index (χ2v) is 5.88. The van der Waals surface area contributed by atoms with Crippen LogP contribution in [0.15, 0.2) is 0 Å². The molecule has 0 spiro atoms. The molecule has 1 aliphatic heterocycles. The highest BCUT2D eigenvalue weighted by molar-refractivity contribution is 7.86. The summed E-state index contributed by atoms with van der Waals surface area (Å²) < 4.78 is 17.0. The highest BCUT2D eigenvalue weighted by atomic mass is 32.2. The molecule has 4 nitrogen and oxygen atoms in total. The molecule has 0 bridgehead atoms. The van der Waals surface area contributed by atoms with Gasteiger partial charge in [0.05, 0.1) is 6.61 Å². The molecular weight excluding hydrogens is 216 g/mol. The zero-order chi connectivity index (χ0) is 11.4. The summed E-state index contributed by atoms with van der Waals surface area (Å²) in [5.74, 6) is -0.325. The SMILES string of the molecule is CC(C)C(C(=O)O)S(=O)CC1CCOC1. The number of rotatable bonds is 5. The van der Waals surface area contributed by atoms with Crippen molar-refractivity contribution in [2.45, 2.75) is 25.5 Å². The van der Waals surface area contributed by atoms with E-state index in [4.69, 9.17) is 9.84 Å². The highest BCUT2D eigenvalue weighted by Gasteiger charge is 2.30. The third-order valence-corrected chi connectivity index (χ3v) is 4.67. The fraction of sp³-hybridized carbons (Fsp3) is 0.900. The van der Waals surface area contributed by atoms with E-state index in [2.05, 4.69) is 0 Å². The first-order valence-electron chi connectivity index (χ1n) is 5.20. The molecule has 1 saturated heterocycles. The lowest BCUT2D eigenvalue weighted by Crippen LogP contribution is -2.34. The maximum atomic E-state index is 11.9. The van der Waals surface area contributed by atoms with E-state index in [9.17, 15) is 9.00 Å². The van der Waals surface area contributed by atoms with Crippen LogP contribution in [-0.4, -0.2) is 39.5 Å². The standard InChI is InChI=1S/C10H18O4S/c1-7(2)9(10(11)12)15(13)6-8-3-4-14-5-8/h7-9H,3-6H2,1-2H3,(H,11,12). The Morgan fingerprint density at radius 3 is 2.67 bits per heavy atom. The Morgan fingerprint density at radius 1 is 1.60 bits per heavy atom. The molecule has 0 radical (unpaired) electrons. The fourth-order valence-corrected chi connectivity index (χ4v) is 3.52. The summed E-state index contributed by atoms with van der Waals surface area (Å²) in [6, 6.07) is 0. The van der Waals surface area contributed by atoms with Crippen molar-refractivity contribution >= 4 is 16.8 Å². The predicted molar refractivity (Wildman–Crippen MR) is 58.2 cm³/mol. The Morgan fingerprint density at radius 2 is 2.27 bits per heavy atom. The first kappa shape index (κ1) is 12.6. The number of hydrogen-bond acceptors (Lipinski definition) is 3. The molecule has 1 rings (SSSR count). The number of carboxylic acid groups (broad SMARTS) is 1. The van der Waals surface area contributed by atoms with Crippen molar-refractivity contribution < 1.29 is 18.8 Å². The number of carboxylic acids is 1. The van der Waals surface area contributed by atoms with Gasteiger partial charge in [-0.1, -0.05) is 13.8 Å². The van der Waals surface area contributed by atoms with Crippen LogP contribution in [0.1, 0.15) is 20.3 Å². The minimum Gasteiger partial charge on any atom is -0.480 e. The summed E-state index contributed by atoms with van der Waals surface area (Å²) in [5.41, 5.74) is 0. The molecular formula is C10H18O4S. The van der Waals surface area contributed by atoms with Crippen LogP contribution in [-0.2, 0) is 20.3 Å². The number of ether oxygens (including phenoxy) is 1. The minimum absolute atomic E-state index is 0.0920. The minimum atomic E-state index is -1.29. The van der Waals surface area contributed by atoms with E-state index in [1.807, 2.05) is 0 Å². The second kappa shape index (κ2) is 5.61. The van der Waals surface area contributed by atoms with Crippen LogP contribution in [0.4, 0.5) is 0 Å². The van der Waals surface area contributed by atoms with Gasteiger partial charge in [0.25, 0.3) is 0 Å². The van der Waals surface area contributed by atoms with E-state index in [0.717, 1.165) is 6.42 Å². The highest BCUT2D eigenvalue weighted by Crippen LogP contribution is 2.18. The zero-order valence-corrected chi connectivity index (χ0v) is 9.96. The first-order valence-corrected chi connectivity index (χ1v) is 6.58. The lowest BCUT2D eigenvalue weighted by atomic mass is 10.1. The molecule has 88 valence electrons. The normalized spacial score (nSPS) is 25.4. The van der Waals surface area contributed by atoms with Crippen LogP contribution in [0.3, 0.4) is 0 Å². The molecule has 1 N–H and O–H groups in total.